The molecule has 5 nitrogen and oxygen atoms in total. The fraction of sp³-hybridized carbons (Fsp3) is 0.533. The predicted octanol–water partition coefficient (Wildman–Crippen LogP) is 2.68. The van der Waals surface area contributed by atoms with Crippen molar-refractivity contribution in [1.82, 2.24) is 25.5 Å². The van der Waals surface area contributed by atoms with Crippen LogP contribution < -0.4 is 5.32 Å². The fourth-order valence-corrected chi connectivity index (χ4v) is 2.19. The van der Waals surface area contributed by atoms with Crippen LogP contribution in [0.4, 0.5) is 0 Å². The van der Waals surface area contributed by atoms with Crippen molar-refractivity contribution in [3.05, 3.63) is 35.7 Å². The van der Waals surface area contributed by atoms with Crippen LogP contribution in [0.15, 0.2) is 24.3 Å². The van der Waals surface area contributed by atoms with Crippen molar-refractivity contribution < 1.29 is 0 Å². The van der Waals surface area contributed by atoms with Crippen LogP contribution in [0.3, 0.4) is 0 Å². The van der Waals surface area contributed by atoms with E-state index in [2.05, 4.69) is 65.9 Å². The van der Waals surface area contributed by atoms with Gasteiger partial charge in [-0.15, -0.1) is 5.10 Å². The van der Waals surface area contributed by atoms with Crippen molar-refractivity contribution in [1.29, 1.82) is 0 Å². The van der Waals surface area contributed by atoms with Gasteiger partial charge in [-0.25, -0.2) is 0 Å². The number of rotatable bonds is 7. The summed E-state index contributed by atoms with van der Waals surface area (Å²) < 4.78 is 1.81. The fourth-order valence-electron chi connectivity index (χ4n) is 2.19. The van der Waals surface area contributed by atoms with Crippen molar-refractivity contribution in [3.8, 4) is 5.69 Å². The Bertz CT molecular complexity index is 517. The van der Waals surface area contributed by atoms with Crippen LogP contribution in [0.1, 0.15) is 51.0 Å². The van der Waals surface area contributed by atoms with E-state index in [-0.39, 0.29) is 6.04 Å². The smallest absolute Gasteiger partial charge is 0.173 e. The molecule has 0 aliphatic rings. The molecule has 1 aromatic heterocycles. The minimum atomic E-state index is 0.139. The molecule has 20 heavy (non-hydrogen) atoms. The molecular weight excluding hydrogens is 250 g/mol. The van der Waals surface area contributed by atoms with Crippen molar-refractivity contribution >= 4 is 0 Å². The Morgan fingerprint density at radius 3 is 2.55 bits per heavy atom. The number of benzene rings is 1. The molecule has 0 aliphatic heterocycles. The highest BCUT2D eigenvalue weighted by molar-refractivity contribution is 5.34. The molecule has 0 amide bonds. The summed E-state index contributed by atoms with van der Waals surface area (Å²) in [7, 11) is 0. The van der Waals surface area contributed by atoms with Gasteiger partial charge in [0.05, 0.1) is 11.7 Å². The van der Waals surface area contributed by atoms with Crippen LogP contribution in [-0.2, 0) is 6.42 Å². The van der Waals surface area contributed by atoms with E-state index < -0.39 is 0 Å². The van der Waals surface area contributed by atoms with E-state index in [1.165, 1.54) is 5.56 Å². The van der Waals surface area contributed by atoms with E-state index >= 15 is 0 Å². The molecule has 1 aromatic carbocycles. The summed E-state index contributed by atoms with van der Waals surface area (Å²) in [5, 5.41) is 15.5. The van der Waals surface area contributed by atoms with Gasteiger partial charge in [-0.3, -0.25) is 0 Å². The monoisotopic (exact) mass is 273 g/mol. The Labute approximate surface area is 120 Å². The third kappa shape index (κ3) is 3.42. The molecule has 0 saturated heterocycles. The zero-order valence-corrected chi connectivity index (χ0v) is 12.5. The molecule has 0 spiro atoms. The molecule has 2 rings (SSSR count). The summed E-state index contributed by atoms with van der Waals surface area (Å²) in [4.78, 5) is 0. The van der Waals surface area contributed by atoms with Gasteiger partial charge < -0.3 is 5.32 Å². The second-order valence-electron chi connectivity index (χ2n) is 5.04. The van der Waals surface area contributed by atoms with Gasteiger partial charge in [-0.2, -0.15) is 4.68 Å². The van der Waals surface area contributed by atoms with Gasteiger partial charge in [0.15, 0.2) is 5.82 Å². The maximum absolute atomic E-state index is 4.14. The lowest BCUT2D eigenvalue weighted by Gasteiger charge is -2.13. The van der Waals surface area contributed by atoms with Crippen LogP contribution in [0.2, 0.25) is 0 Å². The van der Waals surface area contributed by atoms with Crippen LogP contribution in [0.25, 0.3) is 5.69 Å². The van der Waals surface area contributed by atoms with Crippen LogP contribution in [0.5, 0.6) is 0 Å². The van der Waals surface area contributed by atoms with Gasteiger partial charge in [0, 0.05) is 0 Å². The van der Waals surface area contributed by atoms with E-state index in [0.717, 1.165) is 37.3 Å². The third-order valence-corrected chi connectivity index (χ3v) is 3.30. The first kappa shape index (κ1) is 14.7. The Balaban J connectivity index is 2.18. The summed E-state index contributed by atoms with van der Waals surface area (Å²) in [5.41, 5.74) is 2.36. The number of hydrogen-bond donors (Lipinski definition) is 1. The first-order valence-electron chi connectivity index (χ1n) is 7.37. The Morgan fingerprint density at radius 2 is 1.90 bits per heavy atom. The summed E-state index contributed by atoms with van der Waals surface area (Å²) in [5.74, 6) is 0.849. The van der Waals surface area contributed by atoms with Crippen LogP contribution >= 0.6 is 0 Å². The third-order valence-electron chi connectivity index (χ3n) is 3.30. The molecule has 1 heterocycles. The normalized spacial score (nSPS) is 12.6. The van der Waals surface area contributed by atoms with E-state index in [9.17, 15) is 0 Å². The maximum atomic E-state index is 4.14. The van der Waals surface area contributed by atoms with Crippen molar-refractivity contribution in [2.24, 2.45) is 0 Å². The summed E-state index contributed by atoms with van der Waals surface area (Å²) in [6, 6.07) is 8.60. The highest BCUT2D eigenvalue weighted by atomic mass is 15.5. The molecule has 0 bridgehead atoms. The summed E-state index contributed by atoms with van der Waals surface area (Å²) in [6.45, 7) is 7.39. The van der Waals surface area contributed by atoms with Crippen molar-refractivity contribution in [2.45, 2.75) is 46.1 Å². The highest BCUT2D eigenvalue weighted by Crippen LogP contribution is 2.15. The molecule has 1 N–H and O–H groups in total. The summed E-state index contributed by atoms with van der Waals surface area (Å²) in [6.07, 6.45) is 3.36. The number of tetrazole rings is 1. The minimum Gasteiger partial charge on any atom is -0.307 e. The average molecular weight is 273 g/mol. The topological polar surface area (TPSA) is 55.6 Å². The maximum Gasteiger partial charge on any atom is 0.173 e. The standard InChI is InChI=1S/C15H23N5/c1-4-6-13-7-9-14(10-8-13)20-15(17-18-19-20)12(3)16-11-5-2/h7-10,12,16H,4-6,11H2,1-3H3. The molecule has 108 valence electrons. The number of hydrogen-bond acceptors (Lipinski definition) is 4. The molecule has 0 saturated carbocycles. The Morgan fingerprint density at radius 1 is 1.15 bits per heavy atom. The second kappa shape index (κ2) is 7.14. The number of aryl methyl sites for hydroxylation is 1. The summed E-state index contributed by atoms with van der Waals surface area (Å²) >= 11 is 0. The molecule has 0 aliphatic carbocycles. The SMILES string of the molecule is CCCNC(C)c1nnnn1-c1ccc(CCC)cc1. The zero-order valence-electron chi connectivity index (χ0n) is 12.5. The van der Waals surface area contributed by atoms with Gasteiger partial charge in [-0.1, -0.05) is 32.4 Å². The average Bonchev–Trinajstić information content (AvgIpc) is 2.95. The lowest BCUT2D eigenvalue weighted by Crippen LogP contribution is -2.22. The lowest BCUT2D eigenvalue weighted by molar-refractivity contribution is 0.531. The van der Waals surface area contributed by atoms with Gasteiger partial charge >= 0.3 is 0 Å². The quantitative estimate of drug-likeness (QED) is 0.842. The van der Waals surface area contributed by atoms with Crippen molar-refractivity contribution in [2.75, 3.05) is 6.54 Å². The van der Waals surface area contributed by atoms with Crippen molar-refractivity contribution in [3.63, 3.8) is 0 Å². The second-order valence-corrected chi connectivity index (χ2v) is 5.04. The largest absolute Gasteiger partial charge is 0.307 e. The van der Waals surface area contributed by atoms with Gasteiger partial charge in [-0.05, 0) is 54.4 Å². The lowest BCUT2D eigenvalue weighted by atomic mass is 10.1. The molecule has 1 unspecified atom stereocenters. The predicted molar refractivity (Wildman–Crippen MR) is 79.9 cm³/mol. The molecule has 0 fully saturated rings. The van der Waals surface area contributed by atoms with Gasteiger partial charge in [0.25, 0.3) is 0 Å². The van der Waals surface area contributed by atoms with E-state index in [0.29, 0.717) is 0 Å². The minimum absolute atomic E-state index is 0.139. The molecule has 0 radical (unpaired) electrons. The first-order valence-corrected chi connectivity index (χ1v) is 7.37. The van der Waals surface area contributed by atoms with Gasteiger partial charge in [0.1, 0.15) is 0 Å². The van der Waals surface area contributed by atoms with Gasteiger partial charge in [0.2, 0.25) is 0 Å². The first-order chi connectivity index (χ1) is 9.76. The highest BCUT2D eigenvalue weighted by Gasteiger charge is 2.14. The number of aromatic nitrogens is 4. The Kier molecular flexibility index (Phi) is 5.24. The number of nitrogens with zero attached hydrogens (tertiary/aromatic N) is 4. The van der Waals surface area contributed by atoms with E-state index in [1.807, 2.05) is 4.68 Å². The zero-order chi connectivity index (χ0) is 14.4. The Hall–Kier alpha value is -1.75. The molecule has 2 aromatic rings. The van der Waals surface area contributed by atoms with E-state index in [4.69, 9.17) is 0 Å². The molecular formula is C15H23N5. The van der Waals surface area contributed by atoms with E-state index in [1.54, 1.807) is 0 Å². The number of nitrogens with one attached hydrogen (secondary N) is 1. The van der Waals surface area contributed by atoms with Crippen LogP contribution in [-0.4, -0.2) is 26.8 Å². The molecule has 5 heteroatoms. The molecule has 1 atom stereocenters. The van der Waals surface area contributed by atoms with Crippen LogP contribution in [0, 0.1) is 0 Å².